The third kappa shape index (κ3) is 2.58. The summed E-state index contributed by atoms with van der Waals surface area (Å²) in [5.41, 5.74) is 1.68. The molecule has 2 aromatic rings. The van der Waals surface area contributed by atoms with E-state index in [-0.39, 0.29) is 0 Å². The molecule has 0 N–H and O–H groups in total. The Hall–Kier alpha value is -1.95. The third-order valence-corrected chi connectivity index (χ3v) is 4.11. The molecule has 0 aliphatic carbocycles. The number of anilines is 2. The van der Waals surface area contributed by atoms with Gasteiger partial charge >= 0.3 is 0 Å². The fourth-order valence-corrected chi connectivity index (χ4v) is 3.00. The van der Waals surface area contributed by atoms with Crippen molar-refractivity contribution in [3.8, 4) is 0 Å². The Morgan fingerprint density at radius 3 is 2.63 bits per heavy atom. The number of thiazole rings is 1. The first-order valence-corrected chi connectivity index (χ1v) is 7.05. The van der Waals surface area contributed by atoms with Crippen LogP contribution in [0.2, 0.25) is 0 Å². The first-order valence-electron chi connectivity index (χ1n) is 6.17. The van der Waals surface area contributed by atoms with Crippen LogP contribution in [0.1, 0.15) is 10.5 Å². The smallest absolute Gasteiger partial charge is 0.186 e. The van der Waals surface area contributed by atoms with Crippen molar-refractivity contribution in [3.05, 3.63) is 35.6 Å². The van der Waals surface area contributed by atoms with Gasteiger partial charge < -0.3 is 9.80 Å². The molecule has 0 unspecified atom stereocenters. The predicted octanol–water partition coefficient (Wildman–Crippen LogP) is 1.68. The summed E-state index contributed by atoms with van der Waals surface area (Å²) in [4.78, 5) is 23.6. The molecule has 0 atom stereocenters. The highest BCUT2D eigenvalue weighted by Crippen LogP contribution is 2.22. The van der Waals surface area contributed by atoms with Crippen LogP contribution in [-0.2, 0) is 0 Å². The number of aldehydes is 1. The van der Waals surface area contributed by atoms with Gasteiger partial charge in [-0.15, -0.1) is 11.3 Å². The topological polar surface area (TPSA) is 49.3 Å². The lowest BCUT2D eigenvalue weighted by Gasteiger charge is -2.35. The Morgan fingerprint density at radius 1 is 1.21 bits per heavy atom. The van der Waals surface area contributed by atoms with Crippen molar-refractivity contribution in [1.82, 2.24) is 9.97 Å². The van der Waals surface area contributed by atoms with E-state index in [1.165, 1.54) is 11.3 Å². The van der Waals surface area contributed by atoms with Gasteiger partial charge in [0.1, 0.15) is 5.69 Å². The minimum Gasteiger partial charge on any atom is -0.367 e. The fourth-order valence-electron chi connectivity index (χ4n) is 2.17. The van der Waals surface area contributed by atoms with Crippen molar-refractivity contribution in [2.24, 2.45) is 0 Å². The SMILES string of the molecule is O=Cc1csc(N2CCN(c3cccnc3)CC2)n1. The highest BCUT2D eigenvalue weighted by molar-refractivity contribution is 7.13. The van der Waals surface area contributed by atoms with Gasteiger partial charge in [0, 0.05) is 37.8 Å². The van der Waals surface area contributed by atoms with Crippen molar-refractivity contribution in [3.63, 3.8) is 0 Å². The average molecular weight is 274 g/mol. The molecule has 98 valence electrons. The van der Waals surface area contributed by atoms with Crippen LogP contribution in [0.5, 0.6) is 0 Å². The molecule has 1 saturated heterocycles. The zero-order valence-electron chi connectivity index (χ0n) is 10.4. The number of hydrogen-bond donors (Lipinski definition) is 0. The van der Waals surface area contributed by atoms with E-state index in [4.69, 9.17) is 0 Å². The van der Waals surface area contributed by atoms with Crippen LogP contribution in [0.4, 0.5) is 10.8 Å². The minimum atomic E-state index is 0.523. The molecule has 3 rings (SSSR count). The van der Waals surface area contributed by atoms with Crippen molar-refractivity contribution in [2.75, 3.05) is 36.0 Å². The molecule has 1 aliphatic heterocycles. The number of pyridine rings is 1. The maximum Gasteiger partial charge on any atom is 0.186 e. The van der Waals surface area contributed by atoms with Crippen LogP contribution in [0.25, 0.3) is 0 Å². The van der Waals surface area contributed by atoms with E-state index < -0.39 is 0 Å². The summed E-state index contributed by atoms with van der Waals surface area (Å²) in [5.74, 6) is 0. The van der Waals surface area contributed by atoms with Crippen LogP contribution >= 0.6 is 11.3 Å². The molecule has 0 saturated carbocycles. The predicted molar refractivity (Wildman–Crippen MR) is 76.2 cm³/mol. The quantitative estimate of drug-likeness (QED) is 0.797. The van der Waals surface area contributed by atoms with Crippen molar-refractivity contribution < 1.29 is 4.79 Å². The molecule has 0 bridgehead atoms. The number of carbonyl (C=O) groups excluding carboxylic acids is 1. The molecule has 5 nitrogen and oxygen atoms in total. The monoisotopic (exact) mass is 274 g/mol. The summed E-state index contributed by atoms with van der Waals surface area (Å²) in [6, 6.07) is 4.04. The van der Waals surface area contributed by atoms with E-state index in [9.17, 15) is 4.79 Å². The van der Waals surface area contributed by atoms with Crippen LogP contribution in [0.3, 0.4) is 0 Å². The number of aromatic nitrogens is 2. The van der Waals surface area contributed by atoms with Gasteiger partial charge in [0.15, 0.2) is 11.4 Å². The van der Waals surface area contributed by atoms with E-state index in [1.807, 2.05) is 12.3 Å². The summed E-state index contributed by atoms with van der Waals surface area (Å²) in [6.07, 6.45) is 4.48. The van der Waals surface area contributed by atoms with Gasteiger partial charge in [-0.3, -0.25) is 9.78 Å². The number of rotatable bonds is 3. The number of nitrogens with zero attached hydrogens (tertiary/aromatic N) is 4. The van der Waals surface area contributed by atoms with E-state index in [2.05, 4.69) is 25.8 Å². The maximum absolute atomic E-state index is 10.7. The number of piperazine rings is 1. The Labute approximate surface area is 115 Å². The normalized spacial score (nSPS) is 15.6. The first kappa shape index (κ1) is 12.1. The molecular weight excluding hydrogens is 260 g/mol. The van der Waals surface area contributed by atoms with Crippen molar-refractivity contribution >= 4 is 28.4 Å². The van der Waals surface area contributed by atoms with E-state index in [0.717, 1.165) is 43.3 Å². The highest BCUT2D eigenvalue weighted by Gasteiger charge is 2.19. The molecule has 1 aliphatic rings. The van der Waals surface area contributed by atoms with Gasteiger partial charge in [-0.1, -0.05) is 0 Å². The minimum absolute atomic E-state index is 0.523. The van der Waals surface area contributed by atoms with E-state index in [0.29, 0.717) is 5.69 Å². The molecule has 0 amide bonds. The molecule has 3 heterocycles. The standard InChI is InChI=1S/C13H14N4OS/c18-9-11-10-19-13(15-11)17-6-4-16(5-7-17)12-2-1-3-14-8-12/h1-3,8-10H,4-7H2. The van der Waals surface area contributed by atoms with E-state index in [1.54, 1.807) is 11.6 Å². The second-order valence-electron chi connectivity index (χ2n) is 4.36. The molecule has 1 fully saturated rings. The van der Waals surface area contributed by atoms with Gasteiger partial charge in [0.25, 0.3) is 0 Å². The summed E-state index contributed by atoms with van der Waals surface area (Å²) in [7, 11) is 0. The van der Waals surface area contributed by atoms with Crippen LogP contribution in [-0.4, -0.2) is 42.4 Å². The second-order valence-corrected chi connectivity index (χ2v) is 5.19. The van der Waals surface area contributed by atoms with Crippen LogP contribution < -0.4 is 9.80 Å². The lowest BCUT2D eigenvalue weighted by atomic mass is 10.3. The zero-order chi connectivity index (χ0) is 13.1. The number of carbonyl (C=O) groups is 1. The molecule has 2 aromatic heterocycles. The van der Waals surface area contributed by atoms with Crippen LogP contribution in [0, 0.1) is 0 Å². The Balaban J connectivity index is 1.65. The summed E-state index contributed by atoms with van der Waals surface area (Å²) >= 11 is 1.53. The summed E-state index contributed by atoms with van der Waals surface area (Å²) in [6.45, 7) is 3.73. The maximum atomic E-state index is 10.7. The van der Waals surface area contributed by atoms with Gasteiger partial charge in [0.2, 0.25) is 0 Å². The lowest BCUT2D eigenvalue weighted by molar-refractivity contribution is 0.111. The van der Waals surface area contributed by atoms with Gasteiger partial charge in [-0.25, -0.2) is 4.98 Å². The summed E-state index contributed by atoms with van der Waals surface area (Å²) in [5, 5.41) is 2.74. The first-order chi connectivity index (χ1) is 9.36. The van der Waals surface area contributed by atoms with Crippen molar-refractivity contribution in [1.29, 1.82) is 0 Å². The van der Waals surface area contributed by atoms with Crippen LogP contribution in [0.15, 0.2) is 29.9 Å². The molecule has 0 spiro atoms. The van der Waals surface area contributed by atoms with E-state index >= 15 is 0 Å². The van der Waals surface area contributed by atoms with Gasteiger partial charge in [-0.05, 0) is 12.1 Å². The zero-order valence-corrected chi connectivity index (χ0v) is 11.2. The highest BCUT2D eigenvalue weighted by atomic mass is 32.1. The molecule has 0 radical (unpaired) electrons. The Bertz CT molecular complexity index is 549. The Kier molecular flexibility index (Phi) is 3.41. The molecule has 0 aromatic carbocycles. The largest absolute Gasteiger partial charge is 0.367 e. The van der Waals surface area contributed by atoms with Gasteiger partial charge in [0.05, 0.1) is 11.9 Å². The Morgan fingerprint density at radius 2 is 2.00 bits per heavy atom. The van der Waals surface area contributed by atoms with Crippen molar-refractivity contribution in [2.45, 2.75) is 0 Å². The third-order valence-electron chi connectivity index (χ3n) is 3.19. The fraction of sp³-hybridized carbons (Fsp3) is 0.308. The van der Waals surface area contributed by atoms with Gasteiger partial charge in [-0.2, -0.15) is 0 Å². The second kappa shape index (κ2) is 5.36. The molecule has 19 heavy (non-hydrogen) atoms. The summed E-state index contributed by atoms with van der Waals surface area (Å²) < 4.78 is 0. The molecular formula is C13H14N4OS. The lowest BCUT2D eigenvalue weighted by Crippen LogP contribution is -2.46. The molecule has 6 heteroatoms. The average Bonchev–Trinajstić information content (AvgIpc) is 2.97. The number of hydrogen-bond acceptors (Lipinski definition) is 6.